The largest absolute Gasteiger partial charge is 0.508 e. The summed E-state index contributed by atoms with van der Waals surface area (Å²) in [4.78, 5) is 55.8. The zero-order valence-electron chi connectivity index (χ0n) is 39.8. The van der Waals surface area contributed by atoms with E-state index in [-0.39, 0.29) is 57.5 Å². The fraction of sp³-hybridized carbons (Fsp3) is 0.453. The maximum Gasteiger partial charge on any atom is 0.409 e. The number of pyridine rings is 1. The van der Waals surface area contributed by atoms with Gasteiger partial charge in [0.05, 0.1) is 40.7 Å². The number of phenolic OH excluding ortho intramolecular Hbond substituents is 1. The van der Waals surface area contributed by atoms with Gasteiger partial charge in [-0.1, -0.05) is 24.1 Å². The Hall–Kier alpha value is -6.97. The fourth-order valence-electron chi connectivity index (χ4n) is 12.2. The monoisotopic (exact) mass is 966 g/mol. The maximum atomic E-state index is 16.7. The number of fused-ring (bicyclic) bond motifs is 6. The van der Waals surface area contributed by atoms with Crippen LogP contribution < -0.4 is 20.3 Å². The average Bonchev–Trinajstić information content (AvgIpc) is 4.15. The molecule has 0 aliphatic carbocycles. The van der Waals surface area contributed by atoms with Crippen LogP contribution in [-0.2, 0) is 21.4 Å². The highest BCUT2D eigenvalue weighted by molar-refractivity contribution is 6.04. The van der Waals surface area contributed by atoms with Gasteiger partial charge in [0.25, 0.3) is 0 Å². The number of rotatable bonds is 7. The number of piperidine rings is 2. The predicted molar refractivity (Wildman–Crippen MR) is 262 cm³/mol. The summed E-state index contributed by atoms with van der Waals surface area (Å²) < 4.78 is 44.5. The molecule has 0 spiro atoms. The van der Waals surface area contributed by atoms with Crippen molar-refractivity contribution in [2.24, 2.45) is 7.05 Å². The SMILES string of the molecule is C#Cc1c(F)ccc2cc(O)cc(-c3ncc4c(N5CC6CCC(C5)N6)nc(OCC56CCCN5CCC6)nc4c3F)c12.COC(=O)N1CCC(c2ccc3c(C4CCC(=O)NC4=O)nn(C)c3c2)CC1. The first-order valence-electron chi connectivity index (χ1n) is 24.7. The summed E-state index contributed by atoms with van der Waals surface area (Å²) in [7, 11) is 3.28. The molecule has 12 rings (SSSR count). The van der Waals surface area contributed by atoms with Crippen molar-refractivity contribution in [1.29, 1.82) is 0 Å². The number of halogens is 2. The van der Waals surface area contributed by atoms with Crippen LogP contribution >= 0.6 is 0 Å². The highest BCUT2D eigenvalue weighted by atomic mass is 19.1. The Morgan fingerprint density at radius 3 is 2.44 bits per heavy atom. The zero-order valence-corrected chi connectivity index (χ0v) is 39.8. The number of methoxy groups -OCH3 is 1. The van der Waals surface area contributed by atoms with Crippen LogP contribution in [0.4, 0.5) is 19.4 Å². The minimum Gasteiger partial charge on any atom is -0.508 e. The minimum absolute atomic E-state index is 0.0191. The number of aromatic nitrogens is 5. The number of benzene rings is 3. The number of ether oxygens (including phenoxy) is 2. The number of anilines is 1. The molecule has 6 aromatic rings. The number of amides is 3. The van der Waals surface area contributed by atoms with Crippen molar-refractivity contribution in [2.45, 2.75) is 93.7 Å². The van der Waals surface area contributed by atoms with E-state index in [4.69, 9.17) is 20.9 Å². The molecule has 6 fully saturated rings. The van der Waals surface area contributed by atoms with Gasteiger partial charge in [0.1, 0.15) is 35.2 Å². The lowest BCUT2D eigenvalue weighted by molar-refractivity contribution is -0.134. The lowest BCUT2D eigenvalue weighted by Crippen LogP contribution is -2.51. The van der Waals surface area contributed by atoms with Crippen LogP contribution in [0.15, 0.2) is 48.7 Å². The van der Waals surface area contributed by atoms with Crippen molar-refractivity contribution < 1.29 is 37.7 Å². The molecule has 3 amide bonds. The molecule has 368 valence electrons. The van der Waals surface area contributed by atoms with Gasteiger partial charge in [0.2, 0.25) is 11.8 Å². The van der Waals surface area contributed by atoms with Crippen molar-refractivity contribution >= 4 is 56.3 Å². The van der Waals surface area contributed by atoms with Gasteiger partial charge in [-0.05, 0) is 112 Å². The molecule has 6 aliphatic rings. The molecule has 3 atom stereocenters. The average molecular weight is 967 g/mol. The summed E-state index contributed by atoms with van der Waals surface area (Å²) in [5, 5.41) is 23.4. The van der Waals surface area contributed by atoms with Crippen LogP contribution in [0.2, 0.25) is 0 Å². The normalized spacial score (nSPS) is 22.1. The number of hydrogen-bond acceptors (Lipinski definition) is 13. The van der Waals surface area contributed by atoms with Gasteiger partial charge in [-0.15, -0.1) is 6.42 Å². The number of likely N-dealkylation sites (tertiary alicyclic amines) is 1. The van der Waals surface area contributed by atoms with E-state index in [1.807, 2.05) is 13.1 Å². The molecule has 71 heavy (non-hydrogen) atoms. The van der Waals surface area contributed by atoms with Crippen LogP contribution in [0.3, 0.4) is 0 Å². The quantitative estimate of drug-likeness (QED) is 0.113. The second-order valence-electron chi connectivity index (χ2n) is 19.9. The summed E-state index contributed by atoms with van der Waals surface area (Å²) in [6.07, 6.45) is 16.2. The number of piperazine rings is 1. The number of aryl methyl sites for hydroxylation is 1. The number of phenols is 1. The van der Waals surface area contributed by atoms with Crippen LogP contribution in [0.5, 0.6) is 11.8 Å². The van der Waals surface area contributed by atoms with E-state index in [1.165, 1.54) is 36.9 Å². The van der Waals surface area contributed by atoms with Crippen LogP contribution in [0.1, 0.15) is 92.9 Å². The van der Waals surface area contributed by atoms with Gasteiger partial charge >= 0.3 is 12.1 Å². The standard InChI is InChI=1S/C33H32F2N6O2.C20H24N4O4/c1-2-23-26(34)8-5-19-13-22(42)14-24(27(19)23)29-28(35)30-25(15-36-29)31(40-16-20-6-7-21(17-40)37-20)39-32(38-30)43-18-33-9-3-11-41(33)12-4-10-33;1-23-16-11-13(12-7-9-24(10-8-12)20(27)28-2)3-4-14(16)18(22-23)15-5-6-17(25)21-19(15)26/h1,5,8,13-15,20-21,37,42H,3-4,6-7,9-12,16-18H2;3-4,11-12,15H,5-10H2,1-2H3,(H,21,25,26). The molecular formula is C53H56F2N10O6. The lowest BCUT2D eigenvalue weighted by Gasteiger charge is -2.34. The van der Waals surface area contributed by atoms with Crippen LogP contribution in [0.25, 0.3) is 43.8 Å². The lowest BCUT2D eigenvalue weighted by atomic mass is 9.88. The summed E-state index contributed by atoms with van der Waals surface area (Å²) in [5.74, 6) is 1.06. The predicted octanol–water partition coefficient (Wildman–Crippen LogP) is 6.80. The van der Waals surface area contributed by atoms with E-state index in [1.54, 1.807) is 15.8 Å². The number of terminal acetylenes is 1. The number of nitrogens with zero attached hydrogens (tertiary/aromatic N) is 8. The number of hydrogen-bond donors (Lipinski definition) is 3. The van der Waals surface area contributed by atoms with Gasteiger partial charge < -0.3 is 29.7 Å². The van der Waals surface area contributed by atoms with Gasteiger partial charge in [-0.3, -0.25) is 29.5 Å². The third-order valence-corrected chi connectivity index (χ3v) is 15.8. The topological polar surface area (TPSA) is 180 Å². The highest BCUT2D eigenvalue weighted by Crippen LogP contribution is 2.42. The molecule has 9 heterocycles. The second-order valence-corrected chi connectivity index (χ2v) is 19.9. The summed E-state index contributed by atoms with van der Waals surface area (Å²) in [6, 6.07) is 12.7. The molecular weight excluding hydrogens is 911 g/mol. The van der Waals surface area contributed by atoms with E-state index < -0.39 is 17.6 Å². The summed E-state index contributed by atoms with van der Waals surface area (Å²) >= 11 is 0. The molecule has 2 bridgehead atoms. The van der Waals surface area contributed by atoms with E-state index in [9.17, 15) is 23.9 Å². The van der Waals surface area contributed by atoms with Gasteiger partial charge in [-0.25, -0.2) is 13.6 Å². The third kappa shape index (κ3) is 8.52. The number of aromatic hydroxyl groups is 1. The van der Waals surface area contributed by atoms with Crippen molar-refractivity contribution in [3.63, 3.8) is 0 Å². The van der Waals surface area contributed by atoms with E-state index in [2.05, 4.69) is 53.6 Å². The van der Waals surface area contributed by atoms with Crippen molar-refractivity contribution in [1.82, 2.24) is 45.2 Å². The van der Waals surface area contributed by atoms with Gasteiger partial charge in [0, 0.05) is 74.3 Å². The van der Waals surface area contributed by atoms with E-state index in [0.29, 0.717) is 72.5 Å². The highest BCUT2D eigenvalue weighted by Gasteiger charge is 2.45. The molecule has 16 nitrogen and oxygen atoms in total. The van der Waals surface area contributed by atoms with Crippen molar-refractivity contribution in [3.8, 4) is 35.4 Å². The van der Waals surface area contributed by atoms with Crippen LogP contribution in [0, 0.1) is 24.0 Å². The minimum atomic E-state index is -0.704. The molecule has 18 heteroatoms. The molecule has 0 radical (unpaired) electrons. The summed E-state index contributed by atoms with van der Waals surface area (Å²) in [5.41, 5.74) is 3.06. The Morgan fingerprint density at radius 2 is 1.72 bits per heavy atom. The number of carbonyl (C=O) groups is 3. The Balaban J connectivity index is 0.000000169. The first-order valence-corrected chi connectivity index (χ1v) is 24.7. The molecule has 3 aromatic carbocycles. The second kappa shape index (κ2) is 18.7. The first kappa shape index (κ1) is 46.4. The Bertz CT molecular complexity index is 3140. The number of carbonyl (C=O) groups excluding carboxylic acids is 3. The molecule has 6 aliphatic heterocycles. The third-order valence-electron chi connectivity index (χ3n) is 15.8. The maximum absolute atomic E-state index is 16.7. The molecule has 3 unspecified atom stereocenters. The van der Waals surface area contributed by atoms with Gasteiger partial charge in [0.15, 0.2) is 5.82 Å². The van der Waals surface area contributed by atoms with E-state index >= 15 is 4.39 Å². The molecule has 3 N–H and O–H groups in total. The number of nitrogens with one attached hydrogen (secondary N) is 2. The van der Waals surface area contributed by atoms with E-state index in [0.717, 1.165) is 94.1 Å². The Labute approximate surface area is 409 Å². The molecule has 6 saturated heterocycles. The molecule has 3 aromatic heterocycles. The first-order chi connectivity index (χ1) is 34.4. The zero-order chi connectivity index (χ0) is 49.1. The summed E-state index contributed by atoms with van der Waals surface area (Å²) in [6.45, 7) is 5.43. The van der Waals surface area contributed by atoms with Crippen molar-refractivity contribution in [3.05, 3.63) is 77.1 Å². The Kier molecular flexibility index (Phi) is 12.2. The number of imide groups is 1. The van der Waals surface area contributed by atoms with Crippen LogP contribution in [-0.4, -0.2) is 128 Å². The Morgan fingerprint density at radius 1 is 0.958 bits per heavy atom. The smallest absolute Gasteiger partial charge is 0.409 e. The van der Waals surface area contributed by atoms with Crippen molar-refractivity contribution in [2.75, 3.05) is 57.9 Å². The fourth-order valence-corrected chi connectivity index (χ4v) is 12.2. The molecule has 0 saturated carbocycles. The van der Waals surface area contributed by atoms with Gasteiger partial charge in [-0.2, -0.15) is 15.1 Å².